The van der Waals surface area contributed by atoms with Gasteiger partial charge >= 0.3 is 5.97 Å². The number of carbonyl (C=O) groups excluding carboxylic acids is 2. The number of aryl methyl sites for hydroxylation is 1. The summed E-state index contributed by atoms with van der Waals surface area (Å²) >= 11 is 0. The summed E-state index contributed by atoms with van der Waals surface area (Å²) in [6.07, 6.45) is 1.45. The Kier molecular flexibility index (Phi) is 8.02. The van der Waals surface area contributed by atoms with Gasteiger partial charge in [-0.3, -0.25) is 4.79 Å². The summed E-state index contributed by atoms with van der Waals surface area (Å²) in [6, 6.07) is 18.9. The number of methoxy groups -OCH3 is 2. The van der Waals surface area contributed by atoms with E-state index in [0.717, 1.165) is 5.56 Å². The van der Waals surface area contributed by atoms with Gasteiger partial charge in [0.15, 0.2) is 18.1 Å². The third-order valence-corrected chi connectivity index (χ3v) is 4.51. The van der Waals surface area contributed by atoms with Crippen molar-refractivity contribution in [1.82, 2.24) is 5.43 Å². The summed E-state index contributed by atoms with van der Waals surface area (Å²) in [5.74, 6) is 0.911. The van der Waals surface area contributed by atoms with E-state index < -0.39 is 11.9 Å². The Hall–Kier alpha value is -4.33. The highest BCUT2D eigenvalue weighted by molar-refractivity contribution is 5.92. The van der Waals surface area contributed by atoms with Crippen molar-refractivity contribution < 1.29 is 28.5 Å². The Bertz CT molecular complexity index is 1120. The van der Waals surface area contributed by atoms with Gasteiger partial charge in [-0.05, 0) is 67.1 Å². The lowest BCUT2D eigenvalue weighted by Crippen LogP contribution is -2.24. The highest BCUT2D eigenvalue weighted by atomic mass is 16.6. The van der Waals surface area contributed by atoms with Crippen LogP contribution in [0.3, 0.4) is 0 Å². The van der Waals surface area contributed by atoms with Crippen molar-refractivity contribution in [3.63, 3.8) is 0 Å². The Balaban J connectivity index is 1.55. The molecule has 1 amide bonds. The molecule has 0 aliphatic heterocycles. The SMILES string of the molecule is COc1ccc(C(=O)Oc2ccc(/C=N/NC(=O)COc3ccc(C)cc3)cc2OC)cc1. The standard InChI is InChI=1S/C25H24N2O6/c1-17-4-9-21(10-5-17)32-16-24(28)27-26-15-18-6-13-22(23(14-18)31-3)33-25(29)19-7-11-20(30-2)12-8-19/h4-15H,16H2,1-3H3,(H,27,28)/b26-15+. The van der Waals surface area contributed by atoms with E-state index in [0.29, 0.717) is 28.4 Å². The van der Waals surface area contributed by atoms with Crippen molar-refractivity contribution in [2.24, 2.45) is 5.10 Å². The van der Waals surface area contributed by atoms with E-state index in [2.05, 4.69) is 10.5 Å². The zero-order valence-electron chi connectivity index (χ0n) is 18.5. The third-order valence-electron chi connectivity index (χ3n) is 4.51. The zero-order chi connectivity index (χ0) is 23.6. The van der Waals surface area contributed by atoms with Crippen LogP contribution in [0.2, 0.25) is 0 Å². The van der Waals surface area contributed by atoms with Crippen LogP contribution in [0.1, 0.15) is 21.5 Å². The largest absolute Gasteiger partial charge is 0.497 e. The van der Waals surface area contributed by atoms with E-state index in [9.17, 15) is 9.59 Å². The van der Waals surface area contributed by atoms with E-state index in [1.807, 2.05) is 19.1 Å². The first-order valence-electron chi connectivity index (χ1n) is 10.0. The van der Waals surface area contributed by atoms with Crippen LogP contribution >= 0.6 is 0 Å². The van der Waals surface area contributed by atoms with Gasteiger partial charge in [0.05, 0.1) is 26.0 Å². The minimum absolute atomic E-state index is 0.163. The van der Waals surface area contributed by atoms with Crippen LogP contribution in [0.4, 0.5) is 0 Å². The number of amides is 1. The lowest BCUT2D eigenvalue weighted by Gasteiger charge is -2.10. The number of hydrogen-bond acceptors (Lipinski definition) is 7. The van der Waals surface area contributed by atoms with E-state index in [4.69, 9.17) is 18.9 Å². The average molecular weight is 448 g/mol. The number of hydrazone groups is 1. The second-order valence-electron chi connectivity index (χ2n) is 6.92. The van der Waals surface area contributed by atoms with Crippen LogP contribution < -0.4 is 24.4 Å². The van der Waals surface area contributed by atoms with Crippen LogP contribution in [0, 0.1) is 6.92 Å². The van der Waals surface area contributed by atoms with Crippen LogP contribution in [0.15, 0.2) is 71.8 Å². The average Bonchev–Trinajstić information content (AvgIpc) is 2.84. The quantitative estimate of drug-likeness (QED) is 0.232. The van der Waals surface area contributed by atoms with Crippen molar-refractivity contribution in [3.8, 4) is 23.0 Å². The molecule has 0 aliphatic rings. The fraction of sp³-hybridized carbons (Fsp3) is 0.160. The number of carbonyl (C=O) groups is 2. The molecular formula is C25H24N2O6. The van der Waals surface area contributed by atoms with E-state index in [-0.39, 0.29) is 12.4 Å². The summed E-state index contributed by atoms with van der Waals surface area (Å²) in [4.78, 5) is 24.3. The van der Waals surface area contributed by atoms with Gasteiger partial charge in [0.2, 0.25) is 0 Å². The monoisotopic (exact) mass is 448 g/mol. The smallest absolute Gasteiger partial charge is 0.343 e. The van der Waals surface area contributed by atoms with Gasteiger partial charge in [-0.25, -0.2) is 10.2 Å². The van der Waals surface area contributed by atoms with Gasteiger partial charge in [-0.1, -0.05) is 17.7 Å². The normalized spacial score (nSPS) is 10.5. The van der Waals surface area contributed by atoms with Crippen LogP contribution in [0.5, 0.6) is 23.0 Å². The molecule has 1 N–H and O–H groups in total. The van der Waals surface area contributed by atoms with Crippen molar-refractivity contribution in [3.05, 3.63) is 83.4 Å². The highest BCUT2D eigenvalue weighted by Crippen LogP contribution is 2.28. The van der Waals surface area contributed by atoms with Crippen molar-refractivity contribution in [2.75, 3.05) is 20.8 Å². The number of nitrogens with zero attached hydrogens (tertiary/aromatic N) is 1. The highest BCUT2D eigenvalue weighted by Gasteiger charge is 2.13. The number of ether oxygens (including phenoxy) is 4. The second kappa shape index (κ2) is 11.3. The Morgan fingerprint density at radius 2 is 1.58 bits per heavy atom. The Morgan fingerprint density at radius 3 is 2.24 bits per heavy atom. The van der Waals surface area contributed by atoms with E-state index in [1.165, 1.54) is 13.3 Å². The zero-order valence-corrected chi connectivity index (χ0v) is 18.5. The molecule has 170 valence electrons. The molecule has 0 bridgehead atoms. The van der Waals surface area contributed by atoms with E-state index in [1.54, 1.807) is 61.7 Å². The van der Waals surface area contributed by atoms with Gasteiger partial charge in [0.25, 0.3) is 5.91 Å². The molecule has 0 radical (unpaired) electrons. The number of hydrogen-bond donors (Lipinski definition) is 1. The lowest BCUT2D eigenvalue weighted by atomic mass is 10.2. The maximum Gasteiger partial charge on any atom is 0.343 e. The van der Waals surface area contributed by atoms with Crippen LogP contribution in [-0.4, -0.2) is 38.9 Å². The number of nitrogens with one attached hydrogen (secondary N) is 1. The predicted molar refractivity (Wildman–Crippen MR) is 123 cm³/mol. The fourth-order valence-electron chi connectivity index (χ4n) is 2.73. The first-order valence-corrected chi connectivity index (χ1v) is 10.0. The Morgan fingerprint density at radius 1 is 0.879 bits per heavy atom. The van der Waals surface area contributed by atoms with Crippen LogP contribution in [-0.2, 0) is 4.79 Å². The number of esters is 1. The molecular weight excluding hydrogens is 424 g/mol. The molecule has 0 aliphatic carbocycles. The summed E-state index contributed by atoms with van der Waals surface area (Å²) in [6.45, 7) is 1.81. The number of rotatable bonds is 9. The molecule has 0 aromatic heterocycles. The minimum atomic E-state index is -0.529. The molecule has 33 heavy (non-hydrogen) atoms. The maximum atomic E-state index is 12.4. The van der Waals surface area contributed by atoms with Gasteiger partial charge in [-0.2, -0.15) is 5.10 Å². The molecule has 3 rings (SSSR count). The topological polar surface area (TPSA) is 95.5 Å². The molecule has 0 saturated carbocycles. The summed E-state index contributed by atoms with van der Waals surface area (Å²) in [5.41, 5.74) is 4.51. The molecule has 0 heterocycles. The van der Waals surface area contributed by atoms with Gasteiger partial charge in [0, 0.05) is 0 Å². The van der Waals surface area contributed by atoms with Gasteiger partial charge in [0.1, 0.15) is 11.5 Å². The number of benzene rings is 3. The van der Waals surface area contributed by atoms with Crippen LogP contribution in [0.25, 0.3) is 0 Å². The van der Waals surface area contributed by atoms with Crippen molar-refractivity contribution >= 4 is 18.1 Å². The molecule has 8 nitrogen and oxygen atoms in total. The molecule has 8 heteroatoms. The summed E-state index contributed by atoms with van der Waals surface area (Å²) < 4.78 is 21.2. The summed E-state index contributed by atoms with van der Waals surface area (Å²) in [5, 5.41) is 3.92. The predicted octanol–water partition coefficient (Wildman–Crippen LogP) is 3.76. The Labute approximate surface area is 191 Å². The molecule has 0 atom stereocenters. The summed E-state index contributed by atoms with van der Waals surface area (Å²) in [7, 11) is 3.01. The molecule has 3 aromatic carbocycles. The van der Waals surface area contributed by atoms with E-state index >= 15 is 0 Å². The second-order valence-corrected chi connectivity index (χ2v) is 6.92. The van der Waals surface area contributed by atoms with Gasteiger partial charge < -0.3 is 18.9 Å². The molecule has 0 saturated heterocycles. The molecule has 0 spiro atoms. The maximum absolute atomic E-state index is 12.4. The minimum Gasteiger partial charge on any atom is -0.497 e. The lowest BCUT2D eigenvalue weighted by molar-refractivity contribution is -0.123. The fourth-order valence-corrected chi connectivity index (χ4v) is 2.73. The third kappa shape index (κ3) is 6.83. The van der Waals surface area contributed by atoms with Gasteiger partial charge in [-0.15, -0.1) is 0 Å². The molecule has 0 unspecified atom stereocenters. The van der Waals surface area contributed by atoms with Crippen molar-refractivity contribution in [1.29, 1.82) is 0 Å². The molecule has 0 fully saturated rings. The first kappa shape index (κ1) is 23.3. The van der Waals surface area contributed by atoms with Crippen molar-refractivity contribution in [2.45, 2.75) is 6.92 Å². The molecule has 3 aromatic rings. The first-order chi connectivity index (χ1) is 16.0.